The first kappa shape index (κ1) is 23.2. The van der Waals surface area contributed by atoms with Crippen molar-refractivity contribution >= 4 is 38.9 Å². The topological polar surface area (TPSA) is 79.5 Å². The number of carbonyl (C=O) groups excluding carboxylic acids is 2. The molecule has 0 N–H and O–H groups in total. The Morgan fingerprint density at radius 2 is 1.62 bits per heavy atom. The molecule has 0 radical (unpaired) electrons. The Labute approximate surface area is 179 Å². The van der Waals surface area contributed by atoms with E-state index in [2.05, 4.69) is 15.9 Å². The SMILES string of the molecule is Cn1c(=O)n(C(CCC(=O)OC(C)(C)C)C(=O)OC(C)(C)C)c2cc(Br)ccc21. The van der Waals surface area contributed by atoms with Gasteiger partial charge in [-0.1, -0.05) is 15.9 Å². The van der Waals surface area contributed by atoms with Crippen LogP contribution < -0.4 is 5.69 Å². The molecule has 0 fully saturated rings. The van der Waals surface area contributed by atoms with Gasteiger partial charge in [-0.15, -0.1) is 0 Å². The van der Waals surface area contributed by atoms with Crippen molar-refractivity contribution in [2.75, 3.05) is 0 Å². The summed E-state index contributed by atoms with van der Waals surface area (Å²) in [7, 11) is 1.65. The molecule has 0 amide bonds. The fourth-order valence-corrected chi connectivity index (χ4v) is 3.36. The number of benzene rings is 1. The van der Waals surface area contributed by atoms with Crippen LogP contribution in [0.2, 0.25) is 0 Å². The van der Waals surface area contributed by atoms with Crippen molar-refractivity contribution in [1.29, 1.82) is 0 Å². The third-order valence-electron chi connectivity index (χ3n) is 4.08. The molecule has 0 aliphatic rings. The van der Waals surface area contributed by atoms with Crippen molar-refractivity contribution < 1.29 is 19.1 Å². The van der Waals surface area contributed by atoms with Gasteiger partial charge in [0.2, 0.25) is 0 Å². The summed E-state index contributed by atoms with van der Waals surface area (Å²) in [5, 5.41) is 0. The second-order valence-electron chi connectivity index (χ2n) is 9.02. The Morgan fingerprint density at radius 1 is 1.03 bits per heavy atom. The number of ether oxygens (including phenoxy) is 2. The van der Waals surface area contributed by atoms with E-state index >= 15 is 0 Å². The molecule has 1 atom stereocenters. The second kappa shape index (κ2) is 8.34. The van der Waals surface area contributed by atoms with Gasteiger partial charge < -0.3 is 9.47 Å². The maximum absolute atomic E-state index is 13.0. The van der Waals surface area contributed by atoms with Gasteiger partial charge in [0.15, 0.2) is 0 Å². The standard InChI is InChI=1S/C21H29BrN2O5/c1-20(2,3)28-17(25)11-10-15(18(26)29-21(4,5)6)24-16-12-13(22)8-9-14(16)23(7)19(24)27/h8-9,12,15H,10-11H2,1-7H3. The van der Waals surface area contributed by atoms with E-state index in [1.165, 1.54) is 9.13 Å². The molecule has 1 aromatic carbocycles. The van der Waals surface area contributed by atoms with Crippen LogP contribution in [0.4, 0.5) is 0 Å². The Bertz CT molecular complexity index is 976. The minimum atomic E-state index is -0.952. The fourth-order valence-electron chi connectivity index (χ4n) is 3.01. The highest BCUT2D eigenvalue weighted by Crippen LogP contribution is 2.26. The van der Waals surface area contributed by atoms with E-state index in [0.29, 0.717) is 11.0 Å². The summed E-state index contributed by atoms with van der Waals surface area (Å²) in [5.74, 6) is -0.990. The minimum Gasteiger partial charge on any atom is -0.460 e. The summed E-state index contributed by atoms with van der Waals surface area (Å²) in [6, 6.07) is 4.46. The highest BCUT2D eigenvalue weighted by molar-refractivity contribution is 9.10. The van der Waals surface area contributed by atoms with Crippen LogP contribution in [0.25, 0.3) is 11.0 Å². The first-order valence-electron chi connectivity index (χ1n) is 9.51. The smallest absolute Gasteiger partial charge is 0.329 e. The fraction of sp³-hybridized carbons (Fsp3) is 0.571. The molecule has 29 heavy (non-hydrogen) atoms. The summed E-state index contributed by atoms with van der Waals surface area (Å²) in [6.07, 6.45) is 0.0768. The number of aromatic nitrogens is 2. The van der Waals surface area contributed by atoms with Crippen LogP contribution in [-0.2, 0) is 26.1 Å². The Balaban J connectivity index is 2.48. The van der Waals surface area contributed by atoms with Gasteiger partial charge in [-0.05, 0) is 66.2 Å². The number of hydrogen-bond donors (Lipinski definition) is 0. The maximum Gasteiger partial charge on any atom is 0.329 e. The third-order valence-corrected chi connectivity index (χ3v) is 4.58. The molecule has 2 aromatic rings. The summed E-state index contributed by atoms with van der Waals surface area (Å²) in [4.78, 5) is 38.2. The second-order valence-corrected chi connectivity index (χ2v) is 9.93. The Kier molecular flexibility index (Phi) is 6.67. The van der Waals surface area contributed by atoms with Crippen molar-refractivity contribution in [3.8, 4) is 0 Å². The number of aryl methyl sites for hydroxylation is 1. The van der Waals surface area contributed by atoms with Gasteiger partial charge in [0.25, 0.3) is 0 Å². The zero-order valence-corrected chi connectivity index (χ0v) is 19.6. The molecule has 0 saturated heterocycles. The van der Waals surface area contributed by atoms with E-state index in [4.69, 9.17) is 9.47 Å². The number of fused-ring (bicyclic) bond motifs is 1. The van der Waals surface area contributed by atoms with Gasteiger partial charge in [-0.2, -0.15) is 0 Å². The average Bonchev–Trinajstić information content (AvgIpc) is 2.76. The zero-order valence-electron chi connectivity index (χ0n) is 18.0. The Hall–Kier alpha value is -2.09. The van der Waals surface area contributed by atoms with Crippen LogP contribution >= 0.6 is 15.9 Å². The van der Waals surface area contributed by atoms with Crippen LogP contribution in [0.3, 0.4) is 0 Å². The van der Waals surface area contributed by atoms with E-state index in [1.54, 1.807) is 60.7 Å². The third kappa shape index (κ3) is 5.95. The zero-order chi connectivity index (χ0) is 22.1. The number of esters is 2. The van der Waals surface area contributed by atoms with Crippen molar-refractivity contribution in [2.24, 2.45) is 7.05 Å². The normalized spacial score (nSPS) is 13.4. The maximum atomic E-state index is 13.0. The van der Waals surface area contributed by atoms with E-state index in [1.807, 2.05) is 6.07 Å². The lowest BCUT2D eigenvalue weighted by molar-refractivity contribution is -0.160. The van der Waals surface area contributed by atoms with Gasteiger partial charge in [0.1, 0.15) is 17.2 Å². The molecule has 1 aromatic heterocycles. The number of rotatable bonds is 5. The highest BCUT2D eigenvalue weighted by Gasteiger charge is 2.31. The molecule has 160 valence electrons. The quantitative estimate of drug-likeness (QED) is 0.616. The lowest BCUT2D eigenvalue weighted by Gasteiger charge is -2.25. The number of halogens is 1. The first-order chi connectivity index (χ1) is 13.2. The van der Waals surface area contributed by atoms with Crippen LogP contribution in [-0.4, -0.2) is 32.3 Å². The summed E-state index contributed by atoms with van der Waals surface area (Å²) < 4.78 is 14.6. The van der Waals surface area contributed by atoms with Gasteiger partial charge in [-0.25, -0.2) is 9.59 Å². The van der Waals surface area contributed by atoms with Crippen LogP contribution in [0.15, 0.2) is 27.5 Å². The highest BCUT2D eigenvalue weighted by atomic mass is 79.9. The van der Waals surface area contributed by atoms with Crippen molar-refractivity contribution in [2.45, 2.75) is 71.6 Å². The van der Waals surface area contributed by atoms with Crippen LogP contribution in [0, 0.1) is 0 Å². The van der Waals surface area contributed by atoms with Crippen LogP contribution in [0.1, 0.15) is 60.4 Å². The Morgan fingerprint density at radius 3 is 2.17 bits per heavy atom. The molecule has 0 aliphatic carbocycles. The van der Waals surface area contributed by atoms with Crippen LogP contribution in [0.5, 0.6) is 0 Å². The van der Waals surface area contributed by atoms with E-state index < -0.39 is 29.2 Å². The number of nitrogens with zero attached hydrogens (tertiary/aromatic N) is 2. The van der Waals surface area contributed by atoms with Crippen molar-refractivity contribution in [1.82, 2.24) is 9.13 Å². The van der Waals surface area contributed by atoms with Gasteiger partial charge in [-0.3, -0.25) is 13.9 Å². The molecule has 0 spiro atoms. The van der Waals surface area contributed by atoms with Crippen molar-refractivity contribution in [3.05, 3.63) is 33.2 Å². The summed E-state index contributed by atoms with van der Waals surface area (Å²) >= 11 is 3.42. The predicted octanol–water partition coefficient (Wildman–Crippen LogP) is 4.11. The molecule has 7 nitrogen and oxygen atoms in total. The molecule has 1 unspecified atom stereocenters. The van der Waals surface area contributed by atoms with Gasteiger partial charge in [0, 0.05) is 17.9 Å². The number of imidazole rings is 1. The monoisotopic (exact) mass is 468 g/mol. The molecular weight excluding hydrogens is 440 g/mol. The van der Waals surface area contributed by atoms with Crippen molar-refractivity contribution in [3.63, 3.8) is 0 Å². The first-order valence-corrected chi connectivity index (χ1v) is 10.3. The largest absolute Gasteiger partial charge is 0.460 e. The molecule has 0 bridgehead atoms. The molecule has 2 rings (SSSR count). The summed E-state index contributed by atoms with van der Waals surface area (Å²) in [5.41, 5.74) is -0.426. The average molecular weight is 469 g/mol. The lowest BCUT2D eigenvalue weighted by atomic mass is 10.1. The van der Waals surface area contributed by atoms with E-state index in [-0.39, 0.29) is 18.5 Å². The number of hydrogen-bond acceptors (Lipinski definition) is 5. The van der Waals surface area contributed by atoms with Gasteiger partial charge in [0.05, 0.1) is 11.0 Å². The van der Waals surface area contributed by atoms with Gasteiger partial charge >= 0.3 is 17.6 Å². The molecule has 8 heteroatoms. The molecule has 0 aliphatic heterocycles. The molecular formula is C21H29BrN2O5. The van der Waals surface area contributed by atoms with E-state index in [9.17, 15) is 14.4 Å². The predicted molar refractivity (Wildman–Crippen MR) is 115 cm³/mol. The summed E-state index contributed by atoms with van der Waals surface area (Å²) in [6.45, 7) is 10.6. The van der Waals surface area contributed by atoms with E-state index in [0.717, 1.165) is 4.47 Å². The molecule has 0 saturated carbocycles. The minimum absolute atomic E-state index is 0.0159. The molecule has 1 heterocycles. The number of carbonyl (C=O) groups is 2. The lowest BCUT2D eigenvalue weighted by Crippen LogP contribution is -2.36.